The quantitative estimate of drug-likeness (QED) is 0.599. The van der Waals surface area contributed by atoms with Crippen LogP contribution in [0.4, 0.5) is 5.69 Å². The molecule has 2 aromatic heterocycles. The molecule has 1 amide bonds. The Morgan fingerprint density at radius 2 is 1.96 bits per heavy atom. The van der Waals surface area contributed by atoms with Crippen LogP contribution in [0.3, 0.4) is 0 Å². The smallest absolute Gasteiger partial charge is 0.339 e. The number of esters is 1. The number of hydrogen-bond donors (Lipinski definition) is 1. The summed E-state index contributed by atoms with van der Waals surface area (Å²) >= 11 is 1.64. The molecule has 0 radical (unpaired) electrons. The molecule has 0 spiro atoms. The normalized spacial score (nSPS) is 10.7. The van der Waals surface area contributed by atoms with Gasteiger partial charge in [0, 0.05) is 11.4 Å². The van der Waals surface area contributed by atoms with Crippen molar-refractivity contribution in [3.05, 3.63) is 76.4 Å². The van der Waals surface area contributed by atoms with Crippen LogP contribution in [0.15, 0.2) is 64.6 Å². The lowest BCUT2D eigenvalue weighted by molar-refractivity contribution is -0.117. The van der Waals surface area contributed by atoms with E-state index >= 15 is 0 Å². The monoisotopic (exact) mass is 384 g/mol. The van der Waals surface area contributed by atoms with Gasteiger partial charge in [0.2, 0.25) is 5.91 Å². The topological polar surface area (TPSA) is 71.8 Å². The number of benzene rings is 1. The summed E-state index contributed by atoms with van der Waals surface area (Å²) in [5.74, 6) is 0.0840. The molecule has 140 valence electrons. The van der Waals surface area contributed by atoms with Crippen molar-refractivity contribution in [2.75, 3.05) is 19.0 Å². The van der Waals surface area contributed by atoms with Crippen molar-refractivity contribution in [2.24, 2.45) is 0 Å². The predicted molar refractivity (Wildman–Crippen MR) is 104 cm³/mol. The molecular weight excluding hydrogens is 364 g/mol. The summed E-state index contributed by atoms with van der Waals surface area (Å²) in [5.41, 5.74) is 0.757. The summed E-state index contributed by atoms with van der Waals surface area (Å²) in [5, 5.41) is 4.81. The van der Waals surface area contributed by atoms with Crippen LogP contribution in [0.2, 0.25) is 0 Å². The van der Waals surface area contributed by atoms with Crippen molar-refractivity contribution in [2.45, 2.75) is 13.1 Å². The van der Waals surface area contributed by atoms with Gasteiger partial charge in [-0.25, -0.2) is 4.79 Å². The number of furan rings is 1. The Morgan fingerprint density at radius 1 is 1.11 bits per heavy atom. The number of methoxy groups -OCH3 is 1. The predicted octanol–water partition coefficient (Wildman–Crippen LogP) is 3.77. The summed E-state index contributed by atoms with van der Waals surface area (Å²) in [6.45, 7) is 1.30. The van der Waals surface area contributed by atoms with Gasteiger partial charge in [0.1, 0.15) is 5.76 Å². The van der Waals surface area contributed by atoms with E-state index in [0.717, 1.165) is 10.6 Å². The molecule has 0 saturated heterocycles. The average molecular weight is 384 g/mol. The molecule has 0 unspecified atom stereocenters. The first-order valence-corrected chi connectivity index (χ1v) is 9.28. The number of nitrogens with zero attached hydrogens (tertiary/aromatic N) is 1. The lowest BCUT2D eigenvalue weighted by atomic mass is 10.2. The summed E-state index contributed by atoms with van der Waals surface area (Å²) in [6, 6.07) is 14.5. The van der Waals surface area contributed by atoms with Crippen LogP contribution in [0.5, 0.6) is 0 Å². The van der Waals surface area contributed by atoms with E-state index in [0.29, 0.717) is 24.3 Å². The first-order valence-electron chi connectivity index (χ1n) is 8.40. The first-order chi connectivity index (χ1) is 13.2. The number of ether oxygens (including phenoxy) is 1. The number of rotatable bonds is 8. The minimum Gasteiger partial charge on any atom is -0.468 e. The lowest BCUT2D eigenvalue weighted by Crippen LogP contribution is -2.32. The Balaban J connectivity index is 1.69. The van der Waals surface area contributed by atoms with Crippen molar-refractivity contribution in [3.63, 3.8) is 0 Å². The van der Waals surface area contributed by atoms with Gasteiger partial charge in [-0.3, -0.25) is 9.69 Å². The number of anilines is 1. The molecule has 1 N–H and O–H groups in total. The van der Waals surface area contributed by atoms with Crippen molar-refractivity contribution in [1.82, 2.24) is 4.90 Å². The molecule has 7 heteroatoms. The zero-order chi connectivity index (χ0) is 19.1. The molecule has 0 aliphatic carbocycles. The van der Waals surface area contributed by atoms with E-state index in [1.165, 1.54) is 7.11 Å². The summed E-state index contributed by atoms with van der Waals surface area (Å²) in [4.78, 5) is 27.6. The zero-order valence-electron chi connectivity index (χ0n) is 14.9. The minimum absolute atomic E-state index is 0.161. The Hall–Kier alpha value is -2.90. The molecular formula is C20H20N2O4S. The highest BCUT2D eigenvalue weighted by Crippen LogP contribution is 2.18. The van der Waals surface area contributed by atoms with Crippen LogP contribution in [-0.2, 0) is 22.6 Å². The number of para-hydroxylation sites is 1. The largest absolute Gasteiger partial charge is 0.468 e. The molecule has 6 nitrogen and oxygen atoms in total. The van der Waals surface area contributed by atoms with Crippen molar-refractivity contribution < 1.29 is 18.7 Å². The molecule has 2 heterocycles. The summed E-state index contributed by atoms with van der Waals surface area (Å²) < 4.78 is 10.2. The maximum Gasteiger partial charge on any atom is 0.339 e. The zero-order valence-corrected chi connectivity index (χ0v) is 15.7. The van der Waals surface area contributed by atoms with Crippen molar-refractivity contribution >= 4 is 28.9 Å². The van der Waals surface area contributed by atoms with Gasteiger partial charge in [0.05, 0.1) is 37.7 Å². The van der Waals surface area contributed by atoms with E-state index in [9.17, 15) is 9.59 Å². The number of nitrogens with one attached hydrogen (secondary N) is 1. The van der Waals surface area contributed by atoms with Crippen LogP contribution in [0, 0.1) is 0 Å². The Kier molecular flexibility index (Phi) is 6.40. The maximum atomic E-state index is 12.6. The highest BCUT2D eigenvalue weighted by Gasteiger charge is 2.17. The third-order valence-corrected chi connectivity index (χ3v) is 4.75. The Morgan fingerprint density at radius 3 is 2.67 bits per heavy atom. The SMILES string of the molecule is COC(=O)c1ccccc1NC(=O)CN(Cc1ccco1)Cc1cccs1. The van der Waals surface area contributed by atoms with Gasteiger partial charge >= 0.3 is 5.97 Å². The van der Waals surface area contributed by atoms with Gasteiger partial charge in [-0.2, -0.15) is 0 Å². The molecule has 27 heavy (non-hydrogen) atoms. The van der Waals surface area contributed by atoms with Gasteiger partial charge in [0.15, 0.2) is 0 Å². The van der Waals surface area contributed by atoms with E-state index < -0.39 is 5.97 Å². The highest BCUT2D eigenvalue weighted by atomic mass is 32.1. The number of carbonyl (C=O) groups excluding carboxylic acids is 2. The van der Waals surface area contributed by atoms with Crippen LogP contribution in [0.25, 0.3) is 0 Å². The standard InChI is InChI=1S/C20H20N2O4S/c1-25-20(24)17-8-2-3-9-18(17)21-19(23)14-22(12-15-6-4-10-26-15)13-16-7-5-11-27-16/h2-11H,12-14H2,1H3,(H,21,23). The number of hydrogen-bond acceptors (Lipinski definition) is 6. The van der Waals surface area contributed by atoms with Gasteiger partial charge in [-0.1, -0.05) is 18.2 Å². The molecule has 3 aromatic rings. The van der Waals surface area contributed by atoms with E-state index in [2.05, 4.69) is 5.32 Å². The molecule has 3 rings (SSSR count). The van der Waals surface area contributed by atoms with E-state index in [1.807, 2.05) is 34.5 Å². The average Bonchev–Trinajstić information content (AvgIpc) is 3.35. The van der Waals surface area contributed by atoms with Gasteiger partial charge in [-0.05, 0) is 35.7 Å². The molecule has 0 fully saturated rings. The second-order valence-corrected chi connectivity index (χ2v) is 6.92. The third kappa shape index (κ3) is 5.29. The van der Waals surface area contributed by atoms with Crippen LogP contribution >= 0.6 is 11.3 Å². The Bertz CT molecular complexity index is 839. The van der Waals surface area contributed by atoms with Gasteiger partial charge in [-0.15, -0.1) is 11.3 Å². The van der Waals surface area contributed by atoms with Crippen LogP contribution in [0.1, 0.15) is 21.0 Å². The van der Waals surface area contributed by atoms with Gasteiger partial charge < -0.3 is 14.5 Å². The number of thiophene rings is 1. The van der Waals surface area contributed by atoms with Gasteiger partial charge in [0.25, 0.3) is 0 Å². The van der Waals surface area contributed by atoms with E-state index in [1.54, 1.807) is 41.9 Å². The molecule has 0 saturated carbocycles. The summed E-state index contributed by atoms with van der Waals surface area (Å²) in [7, 11) is 1.31. The minimum atomic E-state index is -0.489. The van der Waals surface area contributed by atoms with E-state index in [-0.39, 0.29) is 12.5 Å². The first kappa shape index (κ1) is 18.9. The molecule has 0 bridgehead atoms. The van der Waals surface area contributed by atoms with E-state index in [4.69, 9.17) is 9.15 Å². The number of amides is 1. The van der Waals surface area contributed by atoms with Crippen LogP contribution in [-0.4, -0.2) is 30.4 Å². The lowest BCUT2D eigenvalue weighted by Gasteiger charge is -2.20. The maximum absolute atomic E-state index is 12.6. The second kappa shape index (κ2) is 9.16. The van der Waals surface area contributed by atoms with Crippen LogP contribution < -0.4 is 5.32 Å². The fourth-order valence-corrected chi connectivity index (χ4v) is 3.43. The van der Waals surface area contributed by atoms with Crippen molar-refractivity contribution in [3.8, 4) is 0 Å². The molecule has 1 aromatic carbocycles. The molecule has 0 aliphatic rings. The molecule has 0 aliphatic heterocycles. The number of carbonyl (C=O) groups is 2. The molecule has 0 atom stereocenters. The Labute approximate surface area is 161 Å². The third-order valence-electron chi connectivity index (χ3n) is 3.89. The van der Waals surface area contributed by atoms with Crippen molar-refractivity contribution in [1.29, 1.82) is 0 Å². The fraction of sp³-hybridized carbons (Fsp3) is 0.200. The highest BCUT2D eigenvalue weighted by molar-refractivity contribution is 7.09. The fourth-order valence-electron chi connectivity index (χ4n) is 2.69. The summed E-state index contributed by atoms with van der Waals surface area (Å²) in [6.07, 6.45) is 1.62. The second-order valence-electron chi connectivity index (χ2n) is 5.89.